The minimum absolute atomic E-state index is 0.00283. The number of sulfonamides is 1. The molecule has 2 aromatic rings. The van der Waals surface area contributed by atoms with Crippen molar-refractivity contribution in [3.8, 4) is 5.75 Å². The van der Waals surface area contributed by atoms with Crippen LogP contribution in [0.4, 0.5) is 4.79 Å². The lowest BCUT2D eigenvalue weighted by molar-refractivity contribution is -0.164. The Morgan fingerprint density at radius 3 is 2.52 bits per heavy atom. The third-order valence-electron chi connectivity index (χ3n) is 8.57. The van der Waals surface area contributed by atoms with Crippen molar-refractivity contribution in [2.24, 2.45) is 23.7 Å². The van der Waals surface area contributed by atoms with Gasteiger partial charge in [-0.15, -0.1) is 0 Å². The van der Waals surface area contributed by atoms with Crippen LogP contribution in [0.25, 0.3) is 0 Å². The summed E-state index contributed by atoms with van der Waals surface area (Å²) < 4.78 is 51.3. The molecule has 0 radical (unpaired) electrons. The lowest BCUT2D eigenvalue weighted by atomic mass is 9.87. The van der Waals surface area contributed by atoms with Crippen LogP contribution in [0.15, 0.2) is 59.5 Å². The van der Waals surface area contributed by atoms with Gasteiger partial charge in [0.15, 0.2) is 6.29 Å². The van der Waals surface area contributed by atoms with Crippen molar-refractivity contribution >= 4 is 16.1 Å². The molecule has 5 rings (SSSR count). The van der Waals surface area contributed by atoms with Crippen molar-refractivity contribution < 1.29 is 37.3 Å². The Morgan fingerprint density at radius 1 is 1.10 bits per heavy atom. The molecule has 3 fully saturated rings. The Labute approximate surface area is 248 Å². The van der Waals surface area contributed by atoms with E-state index in [1.807, 2.05) is 44.2 Å². The molecule has 42 heavy (non-hydrogen) atoms. The molecule has 0 spiro atoms. The van der Waals surface area contributed by atoms with Crippen LogP contribution in [-0.4, -0.2) is 81.9 Å². The predicted molar refractivity (Wildman–Crippen MR) is 155 cm³/mol. The highest BCUT2D eigenvalue weighted by Crippen LogP contribution is 2.50. The molecule has 2 N–H and O–H groups in total. The van der Waals surface area contributed by atoms with Crippen LogP contribution in [0.2, 0.25) is 0 Å². The average Bonchev–Trinajstić information content (AvgIpc) is 3.57. The molecule has 7 atom stereocenters. The number of benzene rings is 2. The van der Waals surface area contributed by atoms with Crippen molar-refractivity contribution in [3.63, 3.8) is 0 Å². The minimum Gasteiger partial charge on any atom is -0.497 e. The van der Waals surface area contributed by atoms with E-state index in [4.69, 9.17) is 18.9 Å². The Bertz CT molecular complexity index is 1290. The molecule has 0 bridgehead atoms. The van der Waals surface area contributed by atoms with E-state index < -0.39 is 28.3 Å². The highest BCUT2D eigenvalue weighted by molar-refractivity contribution is 7.89. The predicted octanol–water partition coefficient (Wildman–Crippen LogP) is 3.44. The first-order valence-corrected chi connectivity index (χ1v) is 16.2. The van der Waals surface area contributed by atoms with Crippen molar-refractivity contribution in [1.29, 1.82) is 0 Å². The van der Waals surface area contributed by atoms with Gasteiger partial charge in [0, 0.05) is 24.9 Å². The molecule has 2 heterocycles. The van der Waals surface area contributed by atoms with Gasteiger partial charge in [-0.05, 0) is 60.9 Å². The third kappa shape index (κ3) is 6.92. The second-order valence-corrected chi connectivity index (χ2v) is 13.9. The van der Waals surface area contributed by atoms with E-state index in [-0.39, 0.29) is 48.1 Å². The fourth-order valence-corrected chi connectivity index (χ4v) is 8.13. The highest BCUT2D eigenvalue weighted by atomic mass is 32.2. The number of amides is 1. The molecule has 3 unspecified atom stereocenters. The van der Waals surface area contributed by atoms with Gasteiger partial charge in [-0.25, -0.2) is 13.2 Å². The summed E-state index contributed by atoms with van der Waals surface area (Å²) in [5, 5.41) is 14.4. The van der Waals surface area contributed by atoms with Gasteiger partial charge in [0.2, 0.25) is 10.0 Å². The largest absolute Gasteiger partial charge is 0.497 e. The molecule has 2 aliphatic heterocycles. The number of carbonyl (C=O) groups is 1. The molecule has 2 saturated heterocycles. The van der Waals surface area contributed by atoms with Crippen molar-refractivity contribution in [1.82, 2.24) is 9.62 Å². The van der Waals surface area contributed by atoms with Crippen molar-refractivity contribution in [3.05, 3.63) is 60.2 Å². The summed E-state index contributed by atoms with van der Waals surface area (Å²) in [6, 6.07) is 14.9. The number of methoxy groups -OCH3 is 1. The summed E-state index contributed by atoms with van der Waals surface area (Å²) in [6.07, 6.45) is -0.369. The van der Waals surface area contributed by atoms with Crippen LogP contribution in [0.5, 0.6) is 5.75 Å². The van der Waals surface area contributed by atoms with E-state index in [1.165, 1.54) is 23.5 Å². The maximum atomic E-state index is 13.7. The van der Waals surface area contributed by atoms with Gasteiger partial charge in [0.05, 0.1) is 37.4 Å². The molecule has 0 aromatic heterocycles. The van der Waals surface area contributed by atoms with Crippen LogP contribution < -0.4 is 10.1 Å². The van der Waals surface area contributed by atoms with Gasteiger partial charge in [0.25, 0.3) is 0 Å². The van der Waals surface area contributed by atoms with E-state index in [0.29, 0.717) is 31.3 Å². The zero-order valence-corrected chi connectivity index (χ0v) is 25.2. The Kier molecular flexibility index (Phi) is 9.74. The van der Waals surface area contributed by atoms with Gasteiger partial charge in [-0.1, -0.05) is 44.2 Å². The molecule has 11 heteroatoms. The van der Waals surface area contributed by atoms with Crippen molar-refractivity contribution in [2.45, 2.75) is 62.5 Å². The Hall–Kier alpha value is -2.70. The van der Waals surface area contributed by atoms with Crippen LogP contribution in [-0.2, 0) is 30.7 Å². The quantitative estimate of drug-likeness (QED) is 0.379. The number of hydrogen-bond donors (Lipinski definition) is 2. The maximum absolute atomic E-state index is 13.7. The van der Waals surface area contributed by atoms with E-state index in [2.05, 4.69) is 5.32 Å². The van der Waals surface area contributed by atoms with Crippen LogP contribution >= 0.6 is 0 Å². The highest BCUT2D eigenvalue weighted by Gasteiger charge is 2.55. The van der Waals surface area contributed by atoms with Gasteiger partial charge < -0.3 is 29.4 Å². The summed E-state index contributed by atoms with van der Waals surface area (Å²) in [4.78, 5) is 13.4. The van der Waals surface area contributed by atoms with Gasteiger partial charge in [0.1, 0.15) is 11.9 Å². The fourth-order valence-electron chi connectivity index (χ4n) is 6.51. The van der Waals surface area contributed by atoms with E-state index in [9.17, 15) is 18.3 Å². The average molecular weight is 603 g/mol. The third-order valence-corrected chi connectivity index (χ3v) is 10.4. The number of hydrogen-bond acceptors (Lipinski definition) is 8. The maximum Gasteiger partial charge on any atom is 0.407 e. The van der Waals surface area contributed by atoms with E-state index in [1.54, 1.807) is 12.1 Å². The number of nitrogens with zero attached hydrogens (tertiary/aromatic N) is 1. The molecule has 10 nitrogen and oxygen atoms in total. The smallest absolute Gasteiger partial charge is 0.407 e. The van der Waals surface area contributed by atoms with Gasteiger partial charge in [-0.3, -0.25) is 0 Å². The number of nitrogens with one attached hydrogen (secondary N) is 1. The zero-order valence-electron chi connectivity index (χ0n) is 24.4. The number of aliphatic hydroxyl groups is 1. The second kappa shape index (κ2) is 13.3. The summed E-state index contributed by atoms with van der Waals surface area (Å²) >= 11 is 0. The number of rotatable bonds is 12. The lowest BCUT2D eigenvalue weighted by Crippen LogP contribution is -2.51. The summed E-state index contributed by atoms with van der Waals surface area (Å²) in [7, 11) is -2.42. The zero-order chi connectivity index (χ0) is 29.9. The first kappa shape index (κ1) is 30.7. The molecular weight excluding hydrogens is 560 g/mol. The van der Waals surface area contributed by atoms with Crippen LogP contribution in [0, 0.1) is 23.7 Å². The van der Waals surface area contributed by atoms with Crippen LogP contribution in [0.1, 0.15) is 32.3 Å². The fraction of sp³-hybridized carbons (Fsp3) is 0.581. The summed E-state index contributed by atoms with van der Waals surface area (Å²) in [5.41, 5.74) is 0.895. The normalized spacial score (nSPS) is 26.6. The second-order valence-electron chi connectivity index (χ2n) is 11.9. The standard InChI is InChI=1S/C31H42N2O8S/c1-20(2)17-33(42(36,37)24-11-9-23(38-3)10-12-24)18-27(34)26(15-21-7-5-4-6-8-21)32-31(35)41-28-16-22-13-14-39-30-29(22)25(28)19-40-30/h4-12,20,22,25-30,34H,13-19H2,1-3H3,(H,32,35)/t22?,25?,26-,27+,28-,29+,30?/m0/s1. The molecule has 1 amide bonds. The molecule has 3 aliphatic rings. The SMILES string of the molecule is COc1ccc(S(=O)(=O)N(CC(C)C)C[C@@H](O)[C@H](Cc2ccccc2)NC(=O)O[C@H]2CC3CCOC4OCC2[C@@H]34)cc1. The number of alkyl carbamates (subject to hydrolysis) is 1. The molecule has 1 saturated carbocycles. The van der Waals surface area contributed by atoms with Crippen molar-refractivity contribution in [2.75, 3.05) is 33.4 Å². The van der Waals surface area contributed by atoms with Gasteiger partial charge >= 0.3 is 6.09 Å². The molecule has 230 valence electrons. The first-order valence-electron chi connectivity index (χ1n) is 14.7. The molecular formula is C31H42N2O8S. The number of carbonyl (C=O) groups excluding carboxylic acids is 1. The van der Waals surface area contributed by atoms with Crippen LogP contribution in [0.3, 0.4) is 0 Å². The minimum atomic E-state index is -3.94. The summed E-state index contributed by atoms with van der Waals surface area (Å²) in [6.45, 7) is 4.97. The summed E-state index contributed by atoms with van der Waals surface area (Å²) in [5.74, 6) is 1.26. The monoisotopic (exact) mass is 602 g/mol. The molecule has 2 aromatic carbocycles. The Morgan fingerprint density at radius 2 is 1.83 bits per heavy atom. The lowest BCUT2D eigenvalue weighted by Gasteiger charge is -2.31. The first-order chi connectivity index (χ1) is 20.2. The molecule has 1 aliphatic carbocycles. The Balaban J connectivity index is 1.31. The number of ether oxygens (including phenoxy) is 4. The van der Waals surface area contributed by atoms with Gasteiger partial charge in [-0.2, -0.15) is 4.31 Å². The van der Waals surface area contributed by atoms with E-state index in [0.717, 1.165) is 18.4 Å². The number of aliphatic hydroxyl groups excluding tert-OH is 1. The van der Waals surface area contributed by atoms with E-state index >= 15 is 0 Å². The topological polar surface area (TPSA) is 124 Å².